The van der Waals surface area contributed by atoms with Gasteiger partial charge in [-0.3, -0.25) is 4.79 Å². The minimum absolute atomic E-state index is 0.0346. The highest BCUT2D eigenvalue weighted by molar-refractivity contribution is 5.78. The topological polar surface area (TPSA) is 52.6 Å². The van der Waals surface area contributed by atoms with Crippen LogP contribution in [0.4, 0.5) is 10.1 Å². The fourth-order valence-electron chi connectivity index (χ4n) is 2.59. The first-order valence-corrected chi connectivity index (χ1v) is 6.52. The van der Waals surface area contributed by atoms with E-state index in [1.165, 1.54) is 6.07 Å². The van der Waals surface area contributed by atoms with Gasteiger partial charge in [-0.15, -0.1) is 0 Å². The molecule has 1 aromatic carbocycles. The number of benzene rings is 1. The first-order chi connectivity index (χ1) is 9.17. The van der Waals surface area contributed by atoms with Crippen LogP contribution in [-0.4, -0.2) is 31.2 Å². The molecule has 1 amide bonds. The van der Waals surface area contributed by atoms with Gasteiger partial charge in [0.05, 0.1) is 6.61 Å². The second-order valence-electron chi connectivity index (χ2n) is 4.77. The van der Waals surface area contributed by atoms with E-state index in [9.17, 15) is 14.3 Å². The van der Waals surface area contributed by atoms with E-state index in [-0.39, 0.29) is 24.2 Å². The number of halogens is 1. The molecule has 1 fully saturated rings. The van der Waals surface area contributed by atoms with Crippen LogP contribution in [0.2, 0.25) is 0 Å². The van der Waals surface area contributed by atoms with Gasteiger partial charge in [0.25, 0.3) is 0 Å². The van der Waals surface area contributed by atoms with Gasteiger partial charge in [0.1, 0.15) is 5.82 Å². The first kappa shape index (κ1) is 13.8. The molecule has 0 radical (unpaired) electrons. The number of hydrogen-bond donors (Lipinski definition) is 2. The van der Waals surface area contributed by atoms with Gasteiger partial charge >= 0.3 is 0 Å². The van der Waals surface area contributed by atoms with E-state index in [0.29, 0.717) is 18.7 Å². The molecule has 0 saturated carbocycles. The molecule has 2 N–H and O–H groups in total. The third-order valence-electron chi connectivity index (χ3n) is 3.71. The van der Waals surface area contributed by atoms with Gasteiger partial charge in [0, 0.05) is 37.3 Å². The lowest BCUT2D eigenvalue weighted by molar-refractivity contribution is -0.125. The second-order valence-corrected chi connectivity index (χ2v) is 4.77. The van der Waals surface area contributed by atoms with Gasteiger partial charge in [-0.1, -0.05) is 6.07 Å². The molecule has 1 saturated heterocycles. The van der Waals surface area contributed by atoms with Crippen LogP contribution in [0.1, 0.15) is 18.4 Å². The van der Waals surface area contributed by atoms with Gasteiger partial charge < -0.3 is 15.3 Å². The second kappa shape index (κ2) is 6.02. The molecule has 1 aliphatic rings. The highest BCUT2D eigenvalue weighted by Gasteiger charge is 2.25. The van der Waals surface area contributed by atoms with E-state index in [2.05, 4.69) is 5.32 Å². The molecule has 2 rings (SSSR count). The largest absolute Gasteiger partial charge is 0.391 e. The molecule has 4 nitrogen and oxygen atoms in total. The van der Waals surface area contributed by atoms with Crippen molar-refractivity contribution >= 4 is 11.6 Å². The Hall–Kier alpha value is -1.62. The summed E-state index contributed by atoms with van der Waals surface area (Å²) in [6.07, 6.45) is 1.50. The average Bonchev–Trinajstić information content (AvgIpc) is 2.46. The zero-order valence-corrected chi connectivity index (χ0v) is 11.0. The van der Waals surface area contributed by atoms with Crippen molar-refractivity contribution < 1.29 is 14.3 Å². The monoisotopic (exact) mass is 266 g/mol. The third kappa shape index (κ3) is 2.87. The molecular formula is C14H19FN2O2. The van der Waals surface area contributed by atoms with Crippen molar-refractivity contribution in [3.05, 3.63) is 29.6 Å². The summed E-state index contributed by atoms with van der Waals surface area (Å²) in [7, 11) is 1.64. The lowest BCUT2D eigenvalue weighted by atomic mass is 9.95. The maximum Gasteiger partial charge on any atom is 0.222 e. The molecule has 1 heterocycles. The highest BCUT2D eigenvalue weighted by atomic mass is 19.1. The van der Waals surface area contributed by atoms with Crippen LogP contribution >= 0.6 is 0 Å². The lowest BCUT2D eigenvalue weighted by Gasteiger charge is -2.34. The van der Waals surface area contributed by atoms with Gasteiger partial charge in [0.2, 0.25) is 5.91 Å². The van der Waals surface area contributed by atoms with Crippen molar-refractivity contribution in [2.75, 3.05) is 25.0 Å². The highest BCUT2D eigenvalue weighted by Crippen LogP contribution is 2.28. The first-order valence-electron chi connectivity index (χ1n) is 6.52. The van der Waals surface area contributed by atoms with Crippen molar-refractivity contribution in [3.8, 4) is 0 Å². The summed E-state index contributed by atoms with van der Waals surface area (Å²) in [5.74, 6) is -0.276. The van der Waals surface area contributed by atoms with Crippen molar-refractivity contribution in [1.82, 2.24) is 5.32 Å². The van der Waals surface area contributed by atoms with Crippen molar-refractivity contribution in [1.29, 1.82) is 0 Å². The molecule has 1 aliphatic heterocycles. The molecule has 1 aromatic rings. The van der Waals surface area contributed by atoms with E-state index in [1.54, 1.807) is 13.1 Å². The van der Waals surface area contributed by atoms with Crippen molar-refractivity contribution in [3.63, 3.8) is 0 Å². The van der Waals surface area contributed by atoms with E-state index in [1.807, 2.05) is 11.0 Å². The van der Waals surface area contributed by atoms with Gasteiger partial charge in [0.15, 0.2) is 0 Å². The Morgan fingerprint density at radius 2 is 2.16 bits per heavy atom. The minimum atomic E-state index is -0.381. The fraction of sp³-hybridized carbons (Fsp3) is 0.500. The number of nitrogens with one attached hydrogen (secondary N) is 1. The number of amides is 1. The van der Waals surface area contributed by atoms with E-state index >= 15 is 0 Å². The Balaban J connectivity index is 2.10. The minimum Gasteiger partial charge on any atom is -0.391 e. The Labute approximate surface area is 112 Å². The molecule has 0 unspecified atom stereocenters. The van der Waals surface area contributed by atoms with Crippen LogP contribution in [0.5, 0.6) is 0 Å². The quantitative estimate of drug-likeness (QED) is 0.866. The zero-order valence-electron chi connectivity index (χ0n) is 11.0. The summed E-state index contributed by atoms with van der Waals surface area (Å²) >= 11 is 0. The SMILES string of the molecule is CNC(=O)C1CCN(c2cccc(F)c2CO)CC1. The summed E-state index contributed by atoms with van der Waals surface area (Å²) in [5, 5.41) is 11.9. The number of rotatable bonds is 3. The smallest absolute Gasteiger partial charge is 0.222 e. The molecule has 0 aromatic heterocycles. The number of hydrogen-bond acceptors (Lipinski definition) is 3. The molecule has 104 valence electrons. The van der Waals surface area contributed by atoms with E-state index in [4.69, 9.17) is 0 Å². The predicted molar refractivity (Wildman–Crippen MR) is 71.3 cm³/mol. The lowest BCUT2D eigenvalue weighted by Crippen LogP contribution is -2.40. The number of carbonyl (C=O) groups is 1. The Morgan fingerprint density at radius 3 is 2.74 bits per heavy atom. The molecular weight excluding hydrogens is 247 g/mol. The van der Waals surface area contributed by atoms with E-state index in [0.717, 1.165) is 18.5 Å². The molecule has 0 atom stereocenters. The summed E-state index contributed by atoms with van der Waals surface area (Å²) in [6, 6.07) is 4.82. The molecule has 0 bridgehead atoms. The van der Waals surface area contributed by atoms with Crippen LogP contribution in [0, 0.1) is 11.7 Å². The maximum atomic E-state index is 13.6. The standard InChI is InChI=1S/C14H19FN2O2/c1-16-14(19)10-5-7-17(8-6-10)13-4-2-3-12(15)11(13)9-18/h2-4,10,18H,5-9H2,1H3,(H,16,19). The number of carbonyl (C=O) groups excluding carboxylic acids is 1. The normalized spacial score (nSPS) is 16.5. The van der Waals surface area contributed by atoms with Crippen molar-refractivity contribution in [2.45, 2.75) is 19.4 Å². The average molecular weight is 266 g/mol. The summed E-state index contributed by atoms with van der Waals surface area (Å²) in [4.78, 5) is 13.6. The predicted octanol–water partition coefficient (Wildman–Crippen LogP) is 1.28. The zero-order chi connectivity index (χ0) is 13.8. The Kier molecular flexibility index (Phi) is 4.37. The van der Waals surface area contributed by atoms with Crippen LogP contribution in [-0.2, 0) is 11.4 Å². The molecule has 0 aliphatic carbocycles. The summed E-state index contributed by atoms with van der Waals surface area (Å²) in [5.41, 5.74) is 1.07. The number of aliphatic hydroxyl groups is 1. The number of nitrogens with zero attached hydrogens (tertiary/aromatic N) is 1. The summed E-state index contributed by atoms with van der Waals surface area (Å²) < 4.78 is 13.6. The van der Waals surface area contributed by atoms with Crippen LogP contribution in [0.25, 0.3) is 0 Å². The number of anilines is 1. The summed E-state index contributed by atoms with van der Waals surface area (Å²) in [6.45, 7) is 1.10. The number of aliphatic hydroxyl groups excluding tert-OH is 1. The fourth-order valence-corrected chi connectivity index (χ4v) is 2.59. The van der Waals surface area contributed by atoms with Gasteiger partial charge in [-0.25, -0.2) is 4.39 Å². The van der Waals surface area contributed by atoms with E-state index < -0.39 is 0 Å². The van der Waals surface area contributed by atoms with Gasteiger partial charge in [-0.05, 0) is 25.0 Å². The Morgan fingerprint density at radius 1 is 1.47 bits per heavy atom. The maximum absolute atomic E-state index is 13.6. The number of piperidine rings is 1. The molecule has 5 heteroatoms. The van der Waals surface area contributed by atoms with Gasteiger partial charge in [-0.2, -0.15) is 0 Å². The van der Waals surface area contributed by atoms with Crippen LogP contribution < -0.4 is 10.2 Å². The van der Waals surface area contributed by atoms with Crippen LogP contribution in [0.15, 0.2) is 18.2 Å². The van der Waals surface area contributed by atoms with Crippen LogP contribution in [0.3, 0.4) is 0 Å². The molecule has 19 heavy (non-hydrogen) atoms. The molecule has 0 spiro atoms. The van der Waals surface area contributed by atoms with Crippen molar-refractivity contribution in [2.24, 2.45) is 5.92 Å². The third-order valence-corrected chi connectivity index (χ3v) is 3.71. The Bertz CT molecular complexity index is 457.